The standard InChI is InChI=1S/C53H88FN3O13/c1-14-40-52(11,66)44(62)32(7)57(26-27(2)24-51(10,65)45(30(5)42(60)31(6)46(63)69-40)70-47-43(61)38(56(12)13)21-29(4)68-47)19-15-18-55-48(64)53(67)28(3)20-35-34-23-37(54)36-22-33(58)16-17-49(36,8)41(34)39(59)25-50(35,53)9/h16-17,27-32,34-35,38-45,47,59-62,65-67H,14-15,18-26H2,1-13H3,(H,55,64)/t27-,28-,29-,30+,31-,32-,34?,35?,38-,39+,40-,41?,42+,43-,44-,45?,47+,49+,50+,51-,52-,53+/m1/s1. The van der Waals surface area contributed by atoms with Gasteiger partial charge >= 0.3 is 5.97 Å². The van der Waals surface area contributed by atoms with Gasteiger partial charge in [-0.15, -0.1) is 0 Å². The third-order valence-electron chi connectivity index (χ3n) is 18.6. The summed E-state index contributed by atoms with van der Waals surface area (Å²) in [5, 5.41) is 87.3. The molecule has 4 fully saturated rings. The molecular weight excluding hydrogens is 906 g/mol. The maximum Gasteiger partial charge on any atom is 0.311 e. The van der Waals surface area contributed by atoms with Crippen LogP contribution in [-0.2, 0) is 28.6 Å². The molecule has 0 aromatic rings. The molecule has 2 saturated heterocycles. The van der Waals surface area contributed by atoms with E-state index in [2.05, 4.69) is 5.32 Å². The average Bonchev–Trinajstić information content (AvgIpc) is 3.48. The van der Waals surface area contributed by atoms with Crippen molar-refractivity contribution >= 4 is 17.7 Å². The first-order valence-corrected chi connectivity index (χ1v) is 26.1. The number of fused-ring (bicyclic) bond motifs is 5. The molecule has 8 N–H and O–H groups in total. The Bertz CT molecular complexity index is 1970. The Morgan fingerprint density at radius 1 is 0.971 bits per heavy atom. The van der Waals surface area contributed by atoms with Crippen LogP contribution in [0.5, 0.6) is 0 Å². The molecule has 400 valence electrons. The van der Waals surface area contributed by atoms with Crippen molar-refractivity contribution in [2.75, 3.05) is 33.7 Å². The van der Waals surface area contributed by atoms with Crippen molar-refractivity contribution in [2.24, 2.45) is 52.3 Å². The summed E-state index contributed by atoms with van der Waals surface area (Å²) in [6.07, 6.45) is -3.90. The molecule has 70 heavy (non-hydrogen) atoms. The average molecular weight is 994 g/mol. The lowest BCUT2D eigenvalue weighted by Crippen LogP contribution is -2.64. The summed E-state index contributed by atoms with van der Waals surface area (Å²) in [5.41, 5.74) is -7.07. The zero-order valence-electron chi connectivity index (χ0n) is 44.1. The molecule has 6 rings (SSSR count). The number of esters is 1. The molecule has 0 spiro atoms. The van der Waals surface area contributed by atoms with Crippen LogP contribution in [-0.4, -0.2) is 175 Å². The number of nitrogens with one attached hydrogen (secondary N) is 1. The van der Waals surface area contributed by atoms with E-state index in [-0.39, 0.29) is 99.2 Å². The first-order valence-electron chi connectivity index (χ1n) is 26.1. The summed E-state index contributed by atoms with van der Waals surface area (Å²) >= 11 is 0. The minimum Gasteiger partial charge on any atom is -0.459 e. The van der Waals surface area contributed by atoms with E-state index in [0.717, 1.165) is 0 Å². The number of ether oxygens (including phenoxy) is 3. The predicted molar refractivity (Wildman–Crippen MR) is 259 cm³/mol. The number of ketones is 1. The van der Waals surface area contributed by atoms with Gasteiger partial charge in [-0.25, -0.2) is 4.39 Å². The van der Waals surface area contributed by atoms with E-state index in [4.69, 9.17) is 14.2 Å². The highest BCUT2D eigenvalue weighted by atomic mass is 19.1. The van der Waals surface area contributed by atoms with E-state index in [1.54, 1.807) is 33.8 Å². The molecule has 0 bridgehead atoms. The van der Waals surface area contributed by atoms with Gasteiger partial charge in [-0.05, 0) is 123 Å². The van der Waals surface area contributed by atoms with Crippen molar-refractivity contribution in [2.45, 2.75) is 205 Å². The summed E-state index contributed by atoms with van der Waals surface area (Å²) < 4.78 is 34.6. The summed E-state index contributed by atoms with van der Waals surface area (Å²) in [5.74, 6) is -5.89. The Morgan fingerprint density at radius 3 is 2.26 bits per heavy atom. The molecule has 2 aliphatic heterocycles. The first kappa shape index (κ1) is 56.9. The smallest absolute Gasteiger partial charge is 0.311 e. The van der Waals surface area contributed by atoms with Gasteiger partial charge in [0.25, 0.3) is 5.91 Å². The lowest BCUT2D eigenvalue weighted by atomic mass is 9.46. The van der Waals surface area contributed by atoms with E-state index in [9.17, 15) is 50.1 Å². The van der Waals surface area contributed by atoms with Crippen molar-refractivity contribution < 1.29 is 68.7 Å². The van der Waals surface area contributed by atoms with Crippen LogP contribution >= 0.6 is 0 Å². The Kier molecular flexibility index (Phi) is 17.1. The van der Waals surface area contributed by atoms with Crippen molar-refractivity contribution in [1.82, 2.24) is 15.1 Å². The number of carbonyl (C=O) groups is 3. The molecule has 4 aliphatic carbocycles. The minimum atomic E-state index is -1.96. The van der Waals surface area contributed by atoms with Crippen molar-refractivity contribution in [3.63, 3.8) is 0 Å². The number of hydrogen-bond donors (Lipinski definition) is 8. The molecule has 17 heteroatoms. The SMILES string of the molecule is CC[C@H]1OC(=O)[C@H](C)[C@@H](O)[C@H](C)C(O[C@@H]2O[C@H](C)C[C@@H](N(C)C)[C@H]2O)[C@](C)(O)C[C@@H](C)CN(CCCNC(=O)[C@@]2(O)[C@H](C)CC3C4CC(F)=C5CC(=O)C=C[C@]5(C)C4[C@@H](O)C[C@@]32C)[C@H](C)[C@@H](O)[C@]1(C)O. The van der Waals surface area contributed by atoms with Crippen molar-refractivity contribution in [3.8, 4) is 0 Å². The zero-order chi connectivity index (χ0) is 52.4. The van der Waals surface area contributed by atoms with Gasteiger partial charge in [0.1, 0.15) is 29.7 Å². The second kappa shape index (κ2) is 21.1. The number of rotatable bonds is 9. The highest BCUT2D eigenvalue weighted by Crippen LogP contribution is 2.68. The molecule has 1 amide bonds. The topological polar surface area (TPSA) is 239 Å². The number of aliphatic hydroxyl groups excluding tert-OH is 4. The van der Waals surface area contributed by atoms with Crippen LogP contribution < -0.4 is 5.32 Å². The first-order chi connectivity index (χ1) is 32.4. The van der Waals surface area contributed by atoms with Gasteiger partial charge in [0, 0.05) is 67.2 Å². The van der Waals surface area contributed by atoms with Crippen LogP contribution in [0.2, 0.25) is 0 Å². The number of aliphatic hydroxyl groups is 7. The Morgan fingerprint density at radius 2 is 1.63 bits per heavy atom. The summed E-state index contributed by atoms with van der Waals surface area (Å²) in [6, 6.07) is -1.09. The van der Waals surface area contributed by atoms with E-state index >= 15 is 4.39 Å². The fourth-order valence-electron chi connectivity index (χ4n) is 14.6. The van der Waals surface area contributed by atoms with Gasteiger partial charge in [0.2, 0.25) is 0 Å². The predicted octanol–water partition coefficient (Wildman–Crippen LogP) is 3.41. The lowest BCUT2D eigenvalue weighted by molar-refractivity contribution is -0.299. The van der Waals surface area contributed by atoms with Crippen LogP contribution in [0, 0.1) is 52.3 Å². The highest BCUT2D eigenvalue weighted by Gasteiger charge is 2.71. The summed E-state index contributed by atoms with van der Waals surface area (Å²) in [6.45, 7) is 19.6. The minimum absolute atomic E-state index is 0.0271. The molecular formula is C53H88FN3O13. The Hall–Kier alpha value is -2.42. The zero-order valence-corrected chi connectivity index (χ0v) is 44.1. The second-order valence-corrected chi connectivity index (χ2v) is 24.0. The molecule has 0 aromatic heterocycles. The molecule has 0 radical (unpaired) electrons. The molecule has 2 heterocycles. The number of amides is 1. The number of likely N-dealkylation sites (N-methyl/N-ethyl adjacent to an activating group) is 1. The fraction of sp³-hybridized carbons (Fsp3) is 0.868. The summed E-state index contributed by atoms with van der Waals surface area (Å²) in [7, 11) is 3.70. The lowest BCUT2D eigenvalue weighted by Gasteiger charge is -2.59. The molecule has 16 nitrogen and oxygen atoms in total. The van der Waals surface area contributed by atoms with Crippen molar-refractivity contribution in [3.05, 3.63) is 23.6 Å². The largest absolute Gasteiger partial charge is 0.459 e. The van der Waals surface area contributed by atoms with E-state index in [1.807, 2.05) is 58.5 Å². The van der Waals surface area contributed by atoms with Gasteiger partial charge < -0.3 is 60.2 Å². The van der Waals surface area contributed by atoms with Crippen LogP contribution in [0.15, 0.2) is 23.6 Å². The van der Waals surface area contributed by atoms with Gasteiger partial charge in [-0.3, -0.25) is 19.3 Å². The van der Waals surface area contributed by atoms with Crippen LogP contribution in [0.25, 0.3) is 0 Å². The van der Waals surface area contributed by atoms with Crippen LogP contribution in [0.3, 0.4) is 0 Å². The number of nitrogens with zero attached hydrogens (tertiary/aromatic N) is 2. The van der Waals surface area contributed by atoms with Gasteiger partial charge in [-0.2, -0.15) is 0 Å². The van der Waals surface area contributed by atoms with Gasteiger partial charge in [0.05, 0.1) is 35.9 Å². The third-order valence-corrected chi connectivity index (χ3v) is 18.6. The second-order valence-electron chi connectivity index (χ2n) is 24.0. The third kappa shape index (κ3) is 10.2. The maximum absolute atomic E-state index is 16.0. The van der Waals surface area contributed by atoms with Crippen LogP contribution in [0.1, 0.15) is 128 Å². The normalized spacial score (nSPS) is 48.8. The highest BCUT2D eigenvalue weighted by molar-refractivity contribution is 5.93. The monoisotopic (exact) mass is 994 g/mol. The fourth-order valence-corrected chi connectivity index (χ4v) is 14.6. The Labute approximate surface area is 415 Å². The Balaban J connectivity index is 1.22. The van der Waals surface area contributed by atoms with Gasteiger partial charge in [-0.1, -0.05) is 47.6 Å². The summed E-state index contributed by atoms with van der Waals surface area (Å²) in [4.78, 5) is 44.5. The van der Waals surface area contributed by atoms with Crippen LogP contribution in [0.4, 0.5) is 4.39 Å². The maximum atomic E-state index is 16.0. The quantitative estimate of drug-likeness (QED) is 0.122. The van der Waals surface area contributed by atoms with E-state index in [1.165, 1.54) is 19.9 Å². The molecule has 6 aliphatic rings. The van der Waals surface area contributed by atoms with E-state index < -0.39 is 106 Å². The number of carbonyl (C=O) groups excluding carboxylic acids is 3. The molecule has 2 saturated carbocycles. The molecule has 4 unspecified atom stereocenters. The number of cyclic esters (lactones) is 1. The van der Waals surface area contributed by atoms with E-state index in [0.29, 0.717) is 24.8 Å². The molecule has 22 atom stereocenters. The number of allylic oxidation sites excluding steroid dienone is 4. The van der Waals surface area contributed by atoms with Crippen molar-refractivity contribution in [1.29, 1.82) is 0 Å². The van der Waals surface area contributed by atoms with Gasteiger partial charge in [0.15, 0.2) is 17.7 Å². The number of hydrogen-bond acceptors (Lipinski definition) is 15. The molecule has 0 aromatic carbocycles. The number of halogens is 1.